The van der Waals surface area contributed by atoms with Gasteiger partial charge >= 0.3 is 0 Å². The fraction of sp³-hybridized carbons (Fsp3) is 0.0625. The largest absolute Gasteiger partial charge is 0.396 e. The second kappa shape index (κ2) is 5.43. The van der Waals surface area contributed by atoms with E-state index >= 15 is 0 Å². The number of hydrogen-bond donors (Lipinski definition) is 1. The highest BCUT2D eigenvalue weighted by atomic mass is 35.5. The van der Waals surface area contributed by atoms with Gasteiger partial charge in [-0.3, -0.25) is 0 Å². The van der Waals surface area contributed by atoms with Crippen LogP contribution in [-0.2, 0) is 0 Å². The summed E-state index contributed by atoms with van der Waals surface area (Å²) in [6.07, 6.45) is 1.78. The van der Waals surface area contributed by atoms with Crippen LogP contribution in [0.3, 0.4) is 0 Å². The Morgan fingerprint density at radius 2 is 1.76 bits per heavy atom. The van der Waals surface area contributed by atoms with Crippen molar-refractivity contribution in [2.45, 2.75) is 6.92 Å². The average molecular weight is 318 g/mol. The van der Waals surface area contributed by atoms with Crippen molar-refractivity contribution >= 4 is 28.9 Å². The summed E-state index contributed by atoms with van der Waals surface area (Å²) in [5.74, 6) is 0. The maximum absolute atomic E-state index is 6.22. The van der Waals surface area contributed by atoms with Crippen molar-refractivity contribution in [3.05, 3.63) is 64.3 Å². The maximum atomic E-state index is 6.22. The first-order chi connectivity index (χ1) is 10.0. The summed E-state index contributed by atoms with van der Waals surface area (Å²) in [7, 11) is 0. The molecule has 0 amide bonds. The number of nitrogen functional groups attached to an aromatic ring is 1. The molecule has 0 aliphatic rings. The standard InChI is InChI=1S/C16H13Cl2N3/c1-10-2-5-12(6-3-10)21-9-15(19)16(20-21)13-8-11(17)4-7-14(13)18/h2-9H,19H2,1H3. The van der Waals surface area contributed by atoms with Crippen LogP contribution in [0.2, 0.25) is 10.0 Å². The van der Waals surface area contributed by atoms with Gasteiger partial charge in [-0.1, -0.05) is 40.9 Å². The lowest BCUT2D eigenvalue weighted by Crippen LogP contribution is -1.94. The van der Waals surface area contributed by atoms with Gasteiger partial charge < -0.3 is 5.73 Å². The molecule has 21 heavy (non-hydrogen) atoms. The molecule has 2 N–H and O–H groups in total. The van der Waals surface area contributed by atoms with E-state index in [0.717, 1.165) is 11.3 Å². The number of halogens is 2. The summed E-state index contributed by atoms with van der Waals surface area (Å²) in [6, 6.07) is 13.3. The molecule has 5 heteroatoms. The average Bonchev–Trinajstić information content (AvgIpc) is 2.84. The lowest BCUT2D eigenvalue weighted by molar-refractivity contribution is 0.884. The molecule has 0 bridgehead atoms. The molecule has 0 atom stereocenters. The monoisotopic (exact) mass is 317 g/mol. The Bertz CT molecular complexity index is 792. The minimum absolute atomic E-state index is 0.555. The van der Waals surface area contributed by atoms with Crippen molar-refractivity contribution in [3.8, 4) is 16.9 Å². The van der Waals surface area contributed by atoms with Crippen molar-refractivity contribution < 1.29 is 0 Å². The second-order valence-corrected chi connectivity index (χ2v) is 5.68. The van der Waals surface area contributed by atoms with E-state index in [2.05, 4.69) is 5.10 Å². The summed E-state index contributed by atoms with van der Waals surface area (Å²) in [5, 5.41) is 5.70. The Balaban J connectivity index is 2.09. The fourth-order valence-corrected chi connectivity index (χ4v) is 2.48. The van der Waals surface area contributed by atoms with Crippen molar-refractivity contribution in [1.29, 1.82) is 0 Å². The third-order valence-corrected chi connectivity index (χ3v) is 3.79. The van der Waals surface area contributed by atoms with E-state index in [9.17, 15) is 0 Å². The molecule has 0 radical (unpaired) electrons. The van der Waals surface area contributed by atoms with Gasteiger partial charge in [0, 0.05) is 10.6 Å². The smallest absolute Gasteiger partial charge is 0.117 e. The predicted octanol–water partition coefficient (Wildman–Crippen LogP) is 4.74. The highest BCUT2D eigenvalue weighted by Gasteiger charge is 2.13. The van der Waals surface area contributed by atoms with E-state index in [1.54, 1.807) is 29.1 Å². The predicted molar refractivity (Wildman–Crippen MR) is 88.2 cm³/mol. The molecule has 0 fully saturated rings. The third kappa shape index (κ3) is 2.75. The van der Waals surface area contributed by atoms with Crippen molar-refractivity contribution in [1.82, 2.24) is 9.78 Å². The van der Waals surface area contributed by atoms with Crippen LogP contribution in [0.1, 0.15) is 5.56 Å². The number of anilines is 1. The molecular formula is C16H13Cl2N3. The van der Waals surface area contributed by atoms with E-state index in [1.165, 1.54) is 5.56 Å². The van der Waals surface area contributed by atoms with Gasteiger partial charge in [0.25, 0.3) is 0 Å². The van der Waals surface area contributed by atoms with Crippen LogP contribution in [0, 0.1) is 6.92 Å². The number of benzene rings is 2. The van der Waals surface area contributed by atoms with E-state index in [-0.39, 0.29) is 0 Å². The molecule has 3 nitrogen and oxygen atoms in total. The van der Waals surface area contributed by atoms with E-state index in [4.69, 9.17) is 28.9 Å². The molecule has 0 aliphatic carbocycles. The number of hydrogen-bond acceptors (Lipinski definition) is 2. The van der Waals surface area contributed by atoms with Gasteiger partial charge in [-0.2, -0.15) is 5.10 Å². The number of aromatic nitrogens is 2. The van der Waals surface area contributed by atoms with Crippen LogP contribution < -0.4 is 5.73 Å². The Morgan fingerprint density at radius 3 is 2.48 bits per heavy atom. The first-order valence-corrected chi connectivity index (χ1v) is 7.18. The van der Waals surface area contributed by atoms with Gasteiger partial charge in [0.05, 0.1) is 22.6 Å². The third-order valence-electron chi connectivity index (χ3n) is 3.22. The summed E-state index contributed by atoms with van der Waals surface area (Å²) < 4.78 is 1.74. The Kier molecular flexibility index (Phi) is 3.62. The molecule has 106 valence electrons. The van der Waals surface area contributed by atoms with Crippen LogP contribution in [0.15, 0.2) is 48.7 Å². The van der Waals surface area contributed by atoms with Gasteiger partial charge in [0.15, 0.2) is 0 Å². The summed E-state index contributed by atoms with van der Waals surface area (Å²) in [6.45, 7) is 2.04. The lowest BCUT2D eigenvalue weighted by Gasteiger charge is -2.03. The number of aryl methyl sites for hydroxylation is 1. The van der Waals surface area contributed by atoms with Gasteiger partial charge in [0.1, 0.15) is 5.69 Å². The van der Waals surface area contributed by atoms with Gasteiger partial charge in [0.2, 0.25) is 0 Å². The highest BCUT2D eigenvalue weighted by Crippen LogP contribution is 2.33. The van der Waals surface area contributed by atoms with Crippen LogP contribution in [0.5, 0.6) is 0 Å². The summed E-state index contributed by atoms with van der Waals surface area (Å²) >= 11 is 12.2. The molecule has 0 saturated carbocycles. The molecule has 0 unspecified atom stereocenters. The zero-order valence-corrected chi connectivity index (χ0v) is 12.9. The zero-order chi connectivity index (χ0) is 15.0. The minimum atomic E-state index is 0.555. The summed E-state index contributed by atoms with van der Waals surface area (Å²) in [5.41, 5.74) is 10.1. The van der Waals surface area contributed by atoms with Crippen LogP contribution in [0.4, 0.5) is 5.69 Å². The molecule has 1 heterocycles. The molecule has 1 aromatic heterocycles. The molecule has 0 saturated heterocycles. The van der Waals surface area contributed by atoms with E-state index < -0.39 is 0 Å². The Morgan fingerprint density at radius 1 is 1.05 bits per heavy atom. The zero-order valence-electron chi connectivity index (χ0n) is 11.3. The molecule has 0 aliphatic heterocycles. The highest BCUT2D eigenvalue weighted by molar-refractivity contribution is 6.35. The lowest BCUT2D eigenvalue weighted by atomic mass is 10.1. The van der Waals surface area contributed by atoms with E-state index in [1.807, 2.05) is 31.2 Å². The van der Waals surface area contributed by atoms with Gasteiger partial charge in [-0.25, -0.2) is 4.68 Å². The first-order valence-electron chi connectivity index (χ1n) is 6.42. The Hall–Kier alpha value is -1.97. The van der Waals surface area contributed by atoms with Crippen LogP contribution >= 0.6 is 23.2 Å². The van der Waals surface area contributed by atoms with Crippen LogP contribution in [-0.4, -0.2) is 9.78 Å². The van der Waals surface area contributed by atoms with Gasteiger partial charge in [-0.05, 0) is 37.3 Å². The maximum Gasteiger partial charge on any atom is 0.117 e. The van der Waals surface area contributed by atoms with Crippen molar-refractivity contribution in [2.75, 3.05) is 5.73 Å². The summed E-state index contributed by atoms with van der Waals surface area (Å²) in [4.78, 5) is 0. The molecule has 3 aromatic rings. The molecular weight excluding hydrogens is 305 g/mol. The normalized spacial score (nSPS) is 10.8. The SMILES string of the molecule is Cc1ccc(-n2cc(N)c(-c3cc(Cl)ccc3Cl)n2)cc1. The quantitative estimate of drug-likeness (QED) is 0.742. The number of rotatable bonds is 2. The molecule has 0 spiro atoms. The fourth-order valence-electron chi connectivity index (χ4n) is 2.11. The molecule has 3 rings (SSSR count). The van der Waals surface area contributed by atoms with Crippen LogP contribution in [0.25, 0.3) is 16.9 Å². The van der Waals surface area contributed by atoms with Crippen molar-refractivity contribution in [2.24, 2.45) is 0 Å². The first kappa shape index (κ1) is 14.0. The topological polar surface area (TPSA) is 43.8 Å². The Labute approximate surface area is 132 Å². The van der Waals surface area contributed by atoms with E-state index in [0.29, 0.717) is 21.4 Å². The molecule has 2 aromatic carbocycles. The number of nitrogens with two attached hydrogens (primary N) is 1. The van der Waals surface area contributed by atoms with Gasteiger partial charge in [-0.15, -0.1) is 0 Å². The van der Waals surface area contributed by atoms with Crippen molar-refractivity contribution in [3.63, 3.8) is 0 Å². The minimum Gasteiger partial charge on any atom is -0.396 e. The second-order valence-electron chi connectivity index (χ2n) is 4.84. The number of nitrogens with zero attached hydrogens (tertiary/aromatic N) is 2.